The summed E-state index contributed by atoms with van der Waals surface area (Å²) in [5.41, 5.74) is 1.77. The molecule has 2 aromatic carbocycles. The molecule has 1 aliphatic rings. The molecule has 3 rings (SSSR count). The maximum atomic E-state index is 12.7. The molecule has 5 nitrogen and oxygen atoms in total. The Bertz CT molecular complexity index is 749. The molecule has 1 saturated heterocycles. The Labute approximate surface area is 152 Å². The number of likely N-dealkylation sites (tertiary alicyclic amines) is 1. The quantitative estimate of drug-likeness (QED) is 0.857. The van der Waals surface area contributed by atoms with Crippen LogP contribution < -0.4 is 14.8 Å². The van der Waals surface area contributed by atoms with Crippen LogP contribution in [0.1, 0.15) is 24.4 Å². The highest BCUT2D eigenvalue weighted by Crippen LogP contribution is 2.34. The number of amides is 2. The molecule has 0 bridgehead atoms. The van der Waals surface area contributed by atoms with E-state index in [9.17, 15) is 4.79 Å². The highest BCUT2D eigenvalue weighted by molar-refractivity contribution is 6.30. The van der Waals surface area contributed by atoms with Crippen LogP contribution in [0.4, 0.5) is 10.5 Å². The van der Waals surface area contributed by atoms with E-state index >= 15 is 0 Å². The first kappa shape index (κ1) is 17.4. The van der Waals surface area contributed by atoms with Crippen LogP contribution in [0.15, 0.2) is 42.5 Å². The van der Waals surface area contributed by atoms with Gasteiger partial charge in [0.15, 0.2) is 11.5 Å². The number of methoxy groups -OCH3 is 2. The number of urea groups is 1. The number of benzene rings is 2. The Morgan fingerprint density at radius 2 is 1.84 bits per heavy atom. The van der Waals surface area contributed by atoms with Crippen LogP contribution in [-0.2, 0) is 0 Å². The Morgan fingerprint density at radius 3 is 2.52 bits per heavy atom. The standard InChI is InChI=1S/C19H21ClN2O3/c1-24-17-10-9-15(12-18(17)25-2)21-19(23)22-11-3-4-16(22)13-5-7-14(20)8-6-13/h5-10,12,16H,3-4,11H2,1-2H3,(H,21,23)/t16-/m0/s1. The first-order valence-electron chi connectivity index (χ1n) is 8.17. The van der Waals surface area contributed by atoms with Gasteiger partial charge < -0.3 is 19.7 Å². The van der Waals surface area contributed by atoms with E-state index in [0.717, 1.165) is 24.9 Å². The molecule has 2 aromatic rings. The van der Waals surface area contributed by atoms with Gasteiger partial charge in [-0.2, -0.15) is 0 Å². The Kier molecular flexibility index (Phi) is 5.34. The molecule has 0 saturated carbocycles. The Balaban J connectivity index is 1.75. The third kappa shape index (κ3) is 3.82. The zero-order valence-corrected chi connectivity index (χ0v) is 15.0. The number of anilines is 1. The number of hydrogen-bond donors (Lipinski definition) is 1. The zero-order chi connectivity index (χ0) is 17.8. The van der Waals surface area contributed by atoms with Crippen molar-refractivity contribution in [2.45, 2.75) is 18.9 Å². The van der Waals surface area contributed by atoms with Crippen LogP contribution in [0.5, 0.6) is 11.5 Å². The van der Waals surface area contributed by atoms with E-state index in [4.69, 9.17) is 21.1 Å². The van der Waals surface area contributed by atoms with E-state index in [2.05, 4.69) is 5.32 Å². The molecule has 1 atom stereocenters. The van der Waals surface area contributed by atoms with Crippen molar-refractivity contribution in [1.29, 1.82) is 0 Å². The van der Waals surface area contributed by atoms with Crippen LogP contribution in [0.2, 0.25) is 5.02 Å². The first-order chi connectivity index (χ1) is 12.1. The molecular formula is C19H21ClN2O3. The molecule has 1 N–H and O–H groups in total. The largest absolute Gasteiger partial charge is 0.493 e. The van der Waals surface area contributed by atoms with Gasteiger partial charge in [0.05, 0.1) is 20.3 Å². The van der Waals surface area contributed by atoms with Crippen molar-refractivity contribution in [3.8, 4) is 11.5 Å². The van der Waals surface area contributed by atoms with E-state index in [1.54, 1.807) is 32.4 Å². The average Bonchev–Trinajstić information content (AvgIpc) is 3.12. The fourth-order valence-electron chi connectivity index (χ4n) is 3.15. The second kappa shape index (κ2) is 7.66. The Morgan fingerprint density at radius 1 is 1.12 bits per heavy atom. The van der Waals surface area contributed by atoms with E-state index in [1.165, 1.54) is 0 Å². The molecule has 1 heterocycles. The Hall–Kier alpha value is -2.40. The van der Waals surface area contributed by atoms with Crippen molar-refractivity contribution in [2.24, 2.45) is 0 Å². The van der Waals surface area contributed by atoms with Gasteiger partial charge in [0.2, 0.25) is 0 Å². The molecule has 2 amide bonds. The number of nitrogens with zero attached hydrogens (tertiary/aromatic N) is 1. The van der Waals surface area contributed by atoms with Gasteiger partial charge in [-0.25, -0.2) is 4.79 Å². The van der Waals surface area contributed by atoms with E-state index < -0.39 is 0 Å². The summed E-state index contributed by atoms with van der Waals surface area (Å²) in [6.07, 6.45) is 1.92. The van der Waals surface area contributed by atoms with Crippen molar-refractivity contribution in [2.75, 3.05) is 26.1 Å². The molecular weight excluding hydrogens is 340 g/mol. The van der Waals surface area contributed by atoms with Crippen LogP contribution in [0, 0.1) is 0 Å². The lowest BCUT2D eigenvalue weighted by Crippen LogP contribution is -2.34. The summed E-state index contributed by atoms with van der Waals surface area (Å²) in [5, 5.41) is 3.64. The predicted molar refractivity (Wildman–Crippen MR) is 98.7 cm³/mol. The van der Waals surface area contributed by atoms with E-state index in [0.29, 0.717) is 22.2 Å². The molecule has 0 spiro atoms. The SMILES string of the molecule is COc1ccc(NC(=O)N2CCC[C@H]2c2ccc(Cl)cc2)cc1OC. The molecule has 1 fully saturated rings. The van der Waals surface area contributed by atoms with Gasteiger partial charge in [-0.15, -0.1) is 0 Å². The van der Waals surface area contributed by atoms with Crippen molar-refractivity contribution in [1.82, 2.24) is 4.90 Å². The third-order valence-electron chi connectivity index (χ3n) is 4.40. The minimum absolute atomic E-state index is 0.0670. The topological polar surface area (TPSA) is 50.8 Å². The molecule has 6 heteroatoms. The van der Waals surface area contributed by atoms with Crippen molar-refractivity contribution < 1.29 is 14.3 Å². The van der Waals surface area contributed by atoms with Crippen molar-refractivity contribution in [3.63, 3.8) is 0 Å². The van der Waals surface area contributed by atoms with Crippen molar-refractivity contribution >= 4 is 23.3 Å². The summed E-state index contributed by atoms with van der Waals surface area (Å²) in [5.74, 6) is 1.21. The van der Waals surface area contributed by atoms with E-state index in [1.807, 2.05) is 29.2 Å². The maximum absolute atomic E-state index is 12.7. The number of nitrogens with one attached hydrogen (secondary N) is 1. The molecule has 1 aliphatic heterocycles. The summed E-state index contributed by atoms with van der Waals surface area (Å²) in [6.45, 7) is 0.729. The number of hydrogen-bond acceptors (Lipinski definition) is 3. The number of ether oxygens (including phenoxy) is 2. The van der Waals surface area contributed by atoms with Crippen LogP contribution in [0.25, 0.3) is 0 Å². The van der Waals surface area contributed by atoms with Crippen LogP contribution in [-0.4, -0.2) is 31.7 Å². The molecule has 0 aromatic heterocycles. The van der Waals surface area contributed by atoms with Gasteiger partial charge in [-0.3, -0.25) is 0 Å². The summed E-state index contributed by atoms with van der Waals surface area (Å²) < 4.78 is 10.5. The van der Waals surface area contributed by atoms with Gasteiger partial charge >= 0.3 is 6.03 Å². The normalized spacial score (nSPS) is 16.6. The number of carbonyl (C=O) groups excluding carboxylic acids is 1. The lowest BCUT2D eigenvalue weighted by molar-refractivity contribution is 0.207. The summed E-state index contributed by atoms with van der Waals surface area (Å²) in [6, 6.07) is 13.0. The van der Waals surface area contributed by atoms with Crippen molar-refractivity contribution in [3.05, 3.63) is 53.1 Å². The van der Waals surface area contributed by atoms with E-state index in [-0.39, 0.29) is 12.1 Å². The highest BCUT2D eigenvalue weighted by atomic mass is 35.5. The fraction of sp³-hybridized carbons (Fsp3) is 0.316. The second-order valence-electron chi connectivity index (χ2n) is 5.90. The van der Waals surface area contributed by atoms with Gasteiger partial charge in [0.1, 0.15) is 0 Å². The van der Waals surface area contributed by atoms with Crippen LogP contribution in [0.3, 0.4) is 0 Å². The number of halogens is 1. The smallest absolute Gasteiger partial charge is 0.322 e. The molecule has 0 unspecified atom stereocenters. The predicted octanol–water partition coefficient (Wildman–Crippen LogP) is 4.73. The van der Waals surface area contributed by atoms with Gasteiger partial charge in [-0.1, -0.05) is 23.7 Å². The van der Waals surface area contributed by atoms with Gasteiger partial charge in [-0.05, 0) is 42.7 Å². The lowest BCUT2D eigenvalue weighted by Gasteiger charge is -2.25. The summed E-state index contributed by atoms with van der Waals surface area (Å²) in [7, 11) is 3.15. The maximum Gasteiger partial charge on any atom is 0.322 e. The molecule has 132 valence electrons. The number of carbonyl (C=O) groups is 1. The highest BCUT2D eigenvalue weighted by Gasteiger charge is 2.30. The molecule has 25 heavy (non-hydrogen) atoms. The summed E-state index contributed by atoms with van der Waals surface area (Å²) in [4.78, 5) is 14.6. The van der Waals surface area contributed by atoms with Gasteiger partial charge in [0.25, 0.3) is 0 Å². The minimum atomic E-state index is -0.121. The average molecular weight is 361 g/mol. The molecule has 0 aliphatic carbocycles. The number of rotatable bonds is 4. The summed E-state index contributed by atoms with van der Waals surface area (Å²) >= 11 is 5.96. The zero-order valence-electron chi connectivity index (χ0n) is 14.3. The first-order valence-corrected chi connectivity index (χ1v) is 8.55. The lowest BCUT2D eigenvalue weighted by atomic mass is 10.1. The third-order valence-corrected chi connectivity index (χ3v) is 4.66. The minimum Gasteiger partial charge on any atom is -0.493 e. The van der Waals surface area contributed by atoms with Gasteiger partial charge in [0, 0.05) is 23.3 Å². The van der Waals surface area contributed by atoms with Crippen LogP contribution >= 0.6 is 11.6 Å². The molecule has 0 radical (unpaired) electrons. The second-order valence-corrected chi connectivity index (χ2v) is 6.34. The fourth-order valence-corrected chi connectivity index (χ4v) is 3.28. The monoisotopic (exact) mass is 360 g/mol.